The molecule has 7 heteroatoms. The van der Waals surface area contributed by atoms with Crippen LogP contribution in [-0.2, 0) is 0 Å². The predicted molar refractivity (Wildman–Crippen MR) is 121 cm³/mol. The Balaban J connectivity index is 1.41. The van der Waals surface area contributed by atoms with Gasteiger partial charge in [0.25, 0.3) is 5.91 Å². The molecule has 0 spiro atoms. The fourth-order valence-corrected chi connectivity index (χ4v) is 4.03. The summed E-state index contributed by atoms with van der Waals surface area (Å²) in [6.45, 7) is 7.10. The second-order valence-corrected chi connectivity index (χ2v) is 7.96. The highest BCUT2D eigenvalue weighted by Gasteiger charge is 2.27. The normalized spacial score (nSPS) is 14.9. The van der Waals surface area contributed by atoms with Crippen LogP contribution in [0.1, 0.15) is 27.3 Å². The highest BCUT2D eigenvalue weighted by atomic mass is 19.1. The summed E-state index contributed by atoms with van der Waals surface area (Å²) in [5, 5.41) is 4.36. The van der Waals surface area contributed by atoms with Crippen LogP contribution in [0.25, 0.3) is 11.8 Å². The highest BCUT2D eigenvalue weighted by Crippen LogP contribution is 2.22. The molecule has 0 atom stereocenters. The van der Waals surface area contributed by atoms with Crippen molar-refractivity contribution >= 4 is 12.0 Å². The molecule has 166 valence electrons. The molecule has 3 aromatic rings. The van der Waals surface area contributed by atoms with Gasteiger partial charge in [0.1, 0.15) is 11.5 Å². The topological polar surface area (TPSA) is 41.4 Å². The lowest BCUT2D eigenvalue weighted by Crippen LogP contribution is -2.48. The summed E-state index contributed by atoms with van der Waals surface area (Å²) < 4.78 is 28.9. The van der Waals surface area contributed by atoms with Gasteiger partial charge < -0.3 is 4.90 Å². The average molecular weight is 437 g/mol. The number of nitrogens with zero attached hydrogens (tertiary/aromatic N) is 4. The SMILES string of the molecule is Cc1nn(-c2ccc(F)cc2F)c(C)c1C(=O)N1CCN(C/C=C/c2ccccc2)CC1. The first-order valence-corrected chi connectivity index (χ1v) is 10.7. The van der Waals surface area contributed by atoms with E-state index in [4.69, 9.17) is 0 Å². The van der Waals surface area contributed by atoms with E-state index in [9.17, 15) is 13.6 Å². The Morgan fingerprint density at radius 3 is 2.44 bits per heavy atom. The van der Waals surface area contributed by atoms with Crippen LogP contribution in [0.4, 0.5) is 8.78 Å². The first kappa shape index (κ1) is 21.9. The monoisotopic (exact) mass is 436 g/mol. The van der Waals surface area contributed by atoms with E-state index in [1.54, 1.807) is 13.8 Å². The number of halogens is 2. The van der Waals surface area contributed by atoms with Crippen molar-refractivity contribution in [2.24, 2.45) is 0 Å². The molecule has 0 bridgehead atoms. The number of aryl methyl sites for hydroxylation is 1. The Bertz CT molecular complexity index is 1130. The van der Waals surface area contributed by atoms with Crippen molar-refractivity contribution in [3.05, 3.63) is 88.8 Å². The largest absolute Gasteiger partial charge is 0.336 e. The van der Waals surface area contributed by atoms with Crippen LogP contribution in [-0.4, -0.2) is 58.2 Å². The molecule has 1 aliphatic rings. The number of carbonyl (C=O) groups is 1. The van der Waals surface area contributed by atoms with Gasteiger partial charge in [-0.25, -0.2) is 13.5 Å². The van der Waals surface area contributed by atoms with E-state index in [0.717, 1.165) is 25.7 Å². The molecule has 0 N–H and O–H groups in total. The van der Waals surface area contributed by atoms with Gasteiger partial charge >= 0.3 is 0 Å². The van der Waals surface area contributed by atoms with Crippen LogP contribution in [0.5, 0.6) is 0 Å². The number of amides is 1. The lowest BCUT2D eigenvalue weighted by molar-refractivity contribution is 0.0649. The molecule has 5 nitrogen and oxygen atoms in total. The molecule has 1 amide bonds. The molecule has 0 aliphatic carbocycles. The van der Waals surface area contributed by atoms with Gasteiger partial charge in [0.15, 0.2) is 5.82 Å². The molecule has 1 aliphatic heterocycles. The van der Waals surface area contributed by atoms with Gasteiger partial charge in [-0.15, -0.1) is 0 Å². The van der Waals surface area contributed by atoms with Crippen molar-refractivity contribution in [2.75, 3.05) is 32.7 Å². The van der Waals surface area contributed by atoms with Gasteiger partial charge in [-0.1, -0.05) is 42.5 Å². The average Bonchev–Trinajstić information content (AvgIpc) is 3.08. The van der Waals surface area contributed by atoms with E-state index in [2.05, 4.69) is 34.3 Å². The zero-order valence-electron chi connectivity index (χ0n) is 18.3. The molecule has 0 unspecified atom stereocenters. The summed E-state index contributed by atoms with van der Waals surface area (Å²) in [7, 11) is 0. The van der Waals surface area contributed by atoms with Crippen molar-refractivity contribution in [3.63, 3.8) is 0 Å². The molecule has 1 aromatic heterocycles. The minimum atomic E-state index is -0.716. The van der Waals surface area contributed by atoms with E-state index >= 15 is 0 Å². The number of carbonyl (C=O) groups excluding carboxylic acids is 1. The van der Waals surface area contributed by atoms with Crippen LogP contribution >= 0.6 is 0 Å². The van der Waals surface area contributed by atoms with Gasteiger partial charge in [-0.3, -0.25) is 9.69 Å². The summed E-state index contributed by atoms with van der Waals surface area (Å²) in [5.74, 6) is -1.47. The molecule has 1 saturated heterocycles. The molecule has 2 aromatic carbocycles. The van der Waals surface area contributed by atoms with Crippen LogP contribution in [0, 0.1) is 25.5 Å². The number of rotatable bonds is 5. The summed E-state index contributed by atoms with van der Waals surface area (Å²) in [6, 6.07) is 13.5. The molecular formula is C25H26F2N4O. The molecule has 2 heterocycles. The minimum absolute atomic E-state index is 0.103. The molecule has 1 fully saturated rings. The third kappa shape index (κ3) is 4.62. The number of hydrogen-bond acceptors (Lipinski definition) is 3. The Morgan fingerprint density at radius 2 is 1.75 bits per heavy atom. The summed E-state index contributed by atoms with van der Waals surface area (Å²) in [6.07, 6.45) is 4.25. The fraction of sp³-hybridized carbons (Fsp3) is 0.280. The number of hydrogen-bond donors (Lipinski definition) is 0. The van der Waals surface area contributed by atoms with Crippen molar-refractivity contribution < 1.29 is 13.6 Å². The molecular weight excluding hydrogens is 410 g/mol. The van der Waals surface area contributed by atoms with Crippen LogP contribution < -0.4 is 0 Å². The van der Waals surface area contributed by atoms with Crippen molar-refractivity contribution in [1.82, 2.24) is 19.6 Å². The van der Waals surface area contributed by atoms with Crippen molar-refractivity contribution in [2.45, 2.75) is 13.8 Å². The molecule has 0 radical (unpaired) electrons. The maximum atomic E-state index is 14.3. The van der Waals surface area contributed by atoms with Gasteiger partial charge in [-0.2, -0.15) is 5.10 Å². The zero-order valence-corrected chi connectivity index (χ0v) is 18.3. The van der Waals surface area contributed by atoms with E-state index in [1.165, 1.54) is 22.4 Å². The Kier molecular flexibility index (Phi) is 6.46. The molecule has 0 saturated carbocycles. The van der Waals surface area contributed by atoms with E-state index < -0.39 is 11.6 Å². The quantitative estimate of drug-likeness (QED) is 0.601. The van der Waals surface area contributed by atoms with E-state index in [0.29, 0.717) is 30.0 Å². The van der Waals surface area contributed by atoms with Gasteiger partial charge in [-0.05, 0) is 31.5 Å². The van der Waals surface area contributed by atoms with Crippen LogP contribution in [0.2, 0.25) is 0 Å². The zero-order chi connectivity index (χ0) is 22.7. The second kappa shape index (κ2) is 9.44. The van der Waals surface area contributed by atoms with Crippen LogP contribution in [0.3, 0.4) is 0 Å². The lowest BCUT2D eigenvalue weighted by Gasteiger charge is -2.34. The van der Waals surface area contributed by atoms with Crippen molar-refractivity contribution in [3.8, 4) is 5.69 Å². The lowest BCUT2D eigenvalue weighted by atomic mass is 10.1. The van der Waals surface area contributed by atoms with Crippen LogP contribution in [0.15, 0.2) is 54.6 Å². The molecule has 32 heavy (non-hydrogen) atoms. The predicted octanol–water partition coefficient (Wildman–Crippen LogP) is 4.24. The maximum Gasteiger partial charge on any atom is 0.257 e. The van der Waals surface area contributed by atoms with Gasteiger partial charge in [0.05, 0.1) is 17.0 Å². The summed E-state index contributed by atoms with van der Waals surface area (Å²) in [4.78, 5) is 17.3. The first-order valence-electron chi connectivity index (χ1n) is 10.7. The van der Waals surface area contributed by atoms with Gasteiger partial charge in [0.2, 0.25) is 0 Å². The van der Waals surface area contributed by atoms with Crippen molar-refractivity contribution in [1.29, 1.82) is 0 Å². The molecule has 4 rings (SSSR count). The van der Waals surface area contributed by atoms with Gasteiger partial charge in [0, 0.05) is 38.8 Å². The standard InChI is InChI=1S/C25H26F2N4O/c1-18-24(19(2)31(28-18)23-11-10-21(26)17-22(23)27)25(32)30-15-13-29(14-16-30)12-6-9-20-7-4-3-5-8-20/h3-11,17H,12-16H2,1-2H3/b9-6+. The smallest absolute Gasteiger partial charge is 0.257 e. The second-order valence-electron chi connectivity index (χ2n) is 7.96. The fourth-order valence-electron chi connectivity index (χ4n) is 4.03. The third-order valence-electron chi connectivity index (χ3n) is 5.78. The minimum Gasteiger partial charge on any atom is -0.336 e. The Morgan fingerprint density at radius 1 is 1.03 bits per heavy atom. The van der Waals surface area contributed by atoms with E-state index in [1.807, 2.05) is 23.1 Å². The summed E-state index contributed by atoms with van der Waals surface area (Å²) in [5.41, 5.74) is 2.85. The Labute approximate surface area is 186 Å². The highest BCUT2D eigenvalue weighted by molar-refractivity contribution is 5.96. The first-order chi connectivity index (χ1) is 15.4. The summed E-state index contributed by atoms with van der Waals surface area (Å²) >= 11 is 0. The Hall–Kier alpha value is -3.32. The maximum absolute atomic E-state index is 14.3. The third-order valence-corrected chi connectivity index (χ3v) is 5.78. The van der Waals surface area contributed by atoms with E-state index in [-0.39, 0.29) is 11.6 Å². The number of aromatic nitrogens is 2. The number of piperazine rings is 1. The number of benzene rings is 2.